The number of fused-ring (bicyclic) bond motifs is 2. The molecule has 0 bridgehead atoms. The molecule has 7 N–H and O–H groups in total. The first-order chi connectivity index (χ1) is 30.3. The van der Waals surface area contributed by atoms with Gasteiger partial charge >= 0.3 is 7.12 Å². The third-order valence-electron chi connectivity index (χ3n) is 11.0. The monoisotopic (exact) mass is 831 g/mol. The molecule has 16 heteroatoms. The molecule has 4 aromatic carbocycles. The van der Waals surface area contributed by atoms with Gasteiger partial charge in [-0.3, -0.25) is 0 Å². The van der Waals surface area contributed by atoms with Crippen LogP contribution < -0.4 is 31.7 Å². The van der Waals surface area contributed by atoms with Crippen LogP contribution in [-0.2, 0) is 0 Å². The molecular weight excluding hydrogens is 781 g/mol. The van der Waals surface area contributed by atoms with Crippen molar-refractivity contribution in [3.63, 3.8) is 0 Å². The average molecular weight is 832 g/mol. The van der Waals surface area contributed by atoms with E-state index in [1.165, 1.54) is 38.3 Å². The Labute approximate surface area is 359 Å². The highest BCUT2D eigenvalue weighted by Gasteiger charge is 2.24. The molecule has 15 nitrogen and oxygen atoms in total. The van der Waals surface area contributed by atoms with E-state index >= 15 is 0 Å². The first kappa shape index (κ1) is 41.8. The van der Waals surface area contributed by atoms with E-state index in [2.05, 4.69) is 35.0 Å². The number of aryl methyl sites for hydroxylation is 1. The number of hydrogen-bond acceptors (Lipinski definition) is 13. The van der Waals surface area contributed by atoms with Gasteiger partial charge in [-0.25, -0.2) is 29.3 Å². The molecule has 62 heavy (non-hydrogen) atoms. The van der Waals surface area contributed by atoms with Crippen molar-refractivity contribution in [2.45, 2.75) is 64.0 Å². The number of piperidine rings is 1. The lowest BCUT2D eigenvalue weighted by atomic mass is 9.80. The fraction of sp³-hybridized carbons (Fsp3) is 0.261. The second-order valence-corrected chi connectivity index (χ2v) is 15.3. The Morgan fingerprint density at radius 3 is 1.68 bits per heavy atom. The lowest BCUT2D eigenvalue weighted by Crippen LogP contribution is -2.32. The number of nitrogen functional groups attached to an aromatic ring is 2. The number of hydrogen-bond donors (Lipinski definition) is 5. The zero-order valence-electron chi connectivity index (χ0n) is 34.6. The van der Waals surface area contributed by atoms with Crippen molar-refractivity contribution in [2.24, 2.45) is 0 Å². The average Bonchev–Trinajstić information content (AvgIpc) is 3.88. The summed E-state index contributed by atoms with van der Waals surface area (Å²) in [4.78, 5) is 17.1. The Kier molecular flexibility index (Phi) is 13.3. The van der Waals surface area contributed by atoms with Gasteiger partial charge in [0.15, 0.2) is 11.3 Å². The van der Waals surface area contributed by atoms with Crippen LogP contribution in [0, 0.1) is 6.92 Å². The molecule has 1 saturated carbocycles. The minimum Gasteiger partial charge on any atom is -0.457 e. The van der Waals surface area contributed by atoms with E-state index < -0.39 is 7.12 Å². The molecule has 2 fully saturated rings. The molecule has 10 rings (SSSR count). The summed E-state index contributed by atoms with van der Waals surface area (Å²) < 4.78 is 15.5. The highest BCUT2D eigenvalue weighted by molar-refractivity contribution is 6.58. The Bertz CT molecular complexity index is 2670. The molecule has 8 aromatic rings. The summed E-state index contributed by atoms with van der Waals surface area (Å²) in [5.74, 6) is 3.99. The van der Waals surface area contributed by atoms with Crippen LogP contribution in [0.4, 0.5) is 11.6 Å². The van der Waals surface area contributed by atoms with E-state index in [4.69, 9.17) is 36.1 Å². The molecule has 4 aromatic heterocycles. The summed E-state index contributed by atoms with van der Waals surface area (Å²) in [7, 11) is -1.44. The largest absolute Gasteiger partial charge is 0.488 e. The Morgan fingerprint density at radius 1 is 0.597 bits per heavy atom. The van der Waals surface area contributed by atoms with Gasteiger partial charge in [0.2, 0.25) is 0 Å². The molecule has 5 heterocycles. The minimum absolute atomic E-state index is 0.370. The summed E-state index contributed by atoms with van der Waals surface area (Å²) in [6.07, 6.45) is 11.3. The van der Waals surface area contributed by atoms with Gasteiger partial charge in [-0.1, -0.05) is 67.8 Å². The predicted molar refractivity (Wildman–Crippen MR) is 242 cm³/mol. The quantitative estimate of drug-likeness (QED) is 0.0963. The van der Waals surface area contributed by atoms with Crippen LogP contribution in [0.25, 0.3) is 33.3 Å². The topological polar surface area (TPSA) is 210 Å². The maximum atomic E-state index is 8.92. The van der Waals surface area contributed by atoms with Crippen LogP contribution in [0.5, 0.6) is 23.0 Å². The Morgan fingerprint density at radius 2 is 1.11 bits per heavy atom. The number of aromatic nitrogens is 8. The summed E-state index contributed by atoms with van der Waals surface area (Å²) in [5.41, 5.74) is 17.0. The second-order valence-electron chi connectivity index (χ2n) is 15.3. The van der Waals surface area contributed by atoms with Crippen molar-refractivity contribution in [1.82, 2.24) is 44.8 Å². The van der Waals surface area contributed by atoms with Crippen LogP contribution in [0.2, 0.25) is 0 Å². The van der Waals surface area contributed by atoms with Crippen LogP contribution in [0.1, 0.15) is 62.7 Å². The molecule has 0 unspecified atom stereocenters. The van der Waals surface area contributed by atoms with Crippen molar-refractivity contribution in [2.75, 3.05) is 24.6 Å². The minimum atomic E-state index is -1.44. The molecule has 1 aliphatic carbocycles. The standard InChI is InChI=1S/C23H23N5O.C12H11BO3.C11H16N6/c24-22-20-21(16-11-13-19(14-12-16)29-18-9-5-2-6-10-18)27-28(23(20)26-15-25-22)17-7-3-1-4-8-17;14-13(15)10-6-8-12(9-7-10)16-11-4-2-1-3-5-11;1-7-9-10(12)14-6-15-11(9)17(16-7)8-3-2-4-13-5-8/h2,5-6,9-15,17H,1,3-4,7-8H2,(H2,24,25,26);1-9,14-15H;6,8,13H,2-5H2,1H3,(H2,12,14,15)/t;;8-/m..1/s1. The maximum absolute atomic E-state index is 8.92. The van der Waals surface area contributed by atoms with Gasteiger partial charge in [0.05, 0.1) is 28.6 Å². The zero-order chi connectivity index (χ0) is 42.8. The van der Waals surface area contributed by atoms with Crippen molar-refractivity contribution in [3.05, 3.63) is 128 Å². The van der Waals surface area contributed by atoms with E-state index in [-0.39, 0.29) is 0 Å². The van der Waals surface area contributed by atoms with Gasteiger partial charge in [-0.15, -0.1) is 0 Å². The number of nitrogens with two attached hydrogens (primary N) is 2. The maximum Gasteiger partial charge on any atom is 0.488 e. The summed E-state index contributed by atoms with van der Waals surface area (Å²) in [6.45, 7) is 3.99. The van der Waals surface area contributed by atoms with Gasteiger partial charge in [0, 0.05) is 12.1 Å². The van der Waals surface area contributed by atoms with E-state index in [0.717, 1.165) is 88.6 Å². The Balaban J connectivity index is 0.000000137. The third kappa shape index (κ3) is 9.84. The second kappa shape index (κ2) is 19.7. The molecule has 1 atom stereocenters. The number of nitrogens with zero attached hydrogens (tertiary/aromatic N) is 8. The van der Waals surface area contributed by atoms with E-state index in [0.29, 0.717) is 34.9 Å². The summed E-state index contributed by atoms with van der Waals surface area (Å²) >= 11 is 0. The fourth-order valence-electron chi connectivity index (χ4n) is 7.88. The number of para-hydroxylation sites is 2. The van der Waals surface area contributed by atoms with Crippen LogP contribution in [0.3, 0.4) is 0 Å². The molecule has 0 amide bonds. The smallest absolute Gasteiger partial charge is 0.457 e. The third-order valence-corrected chi connectivity index (χ3v) is 11.0. The number of nitrogens with one attached hydrogen (secondary N) is 1. The first-order valence-electron chi connectivity index (χ1n) is 21.0. The zero-order valence-corrected chi connectivity index (χ0v) is 34.6. The number of anilines is 2. The molecule has 316 valence electrons. The molecule has 1 saturated heterocycles. The van der Waals surface area contributed by atoms with Gasteiger partial charge in [-0.2, -0.15) is 10.2 Å². The lowest BCUT2D eigenvalue weighted by molar-refractivity contribution is 0.336. The highest BCUT2D eigenvalue weighted by Crippen LogP contribution is 2.36. The normalized spacial score (nSPS) is 15.2. The fourth-order valence-corrected chi connectivity index (χ4v) is 7.88. The predicted octanol–water partition coefficient (Wildman–Crippen LogP) is 7.17. The van der Waals surface area contributed by atoms with Crippen LogP contribution >= 0.6 is 0 Å². The Hall–Kier alpha value is -6.88. The summed E-state index contributed by atoms with van der Waals surface area (Å²) in [6, 6.07) is 34.4. The van der Waals surface area contributed by atoms with Gasteiger partial charge < -0.3 is 36.3 Å². The first-order valence-corrected chi connectivity index (χ1v) is 21.0. The van der Waals surface area contributed by atoms with E-state index in [1.54, 1.807) is 24.3 Å². The van der Waals surface area contributed by atoms with Gasteiger partial charge in [0.1, 0.15) is 53.0 Å². The van der Waals surface area contributed by atoms with E-state index in [9.17, 15) is 0 Å². The number of ether oxygens (including phenoxy) is 2. The van der Waals surface area contributed by atoms with Gasteiger partial charge in [0.25, 0.3) is 0 Å². The molecular formula is C46H50BN11O4. The SMILES string of the molecule is Cc1nn([C@@H]2CCCNC2)c2ncnc(N)c12.Nc1ncnc2c1c(-c1ccc(Oc3ccccc3)cc1)nn2C1CCCCC1.OB(O)c1ccc(Oc2ccccc2)cc1. The molecule has 0 spiro atoms. The van der Waals surface area contributed by atoms with Crippen molar-refractivity contribution in [3.8, 4) is 34.3 Å². The van der Waals surface area contributed by atoms with Crippen LogP contribution in [-0.4, -0.2) is 69.8 Å². The van der Waals surface area contributed by atoms with Crippen molar-refractivity contribution in [1.29, 1.82) is 0 Å². The summed E-state index contributed by atoms with van der Waals surface area (Å²) in [5, 5.41) is 32.5. The molecule has 0 radical (unpaired) electrons. The van der Waals surface area contributed by atoms with Crippen molar-refractivity contribution >= 4 is 46.3 Å². The number of rotatable bonds is 8. The molecule has 2 aliphatic rings. The highest BCUT2D eigenvalue weighted by atomic mass is 16.5. The number of benzene rings is 4. The van der Waals surface area contributed by atoms with E-state index in [1.807, 2.05) is 96.5 Å². The lowest BCUT2D eigenvalue weighted by Gasteiger charge is -2.23. The van der Waals surface area contributed by atoms with Crippen LogP contribution in [0.15, 0.2) is 122 Å². The van der Waals surface area contributed by atoms with Crippen molar-refractivity contribution < 1.29 is 19.5 Å². The molecule has 1 aliphatic heterocycles. The van der Waals surface area contributed by atoms with Gasteiger partial charge in [-0.05, 0) is 105 Å².